The smallest absolute Gasteiger partial charge is 0.163 e. The molecule has 2 nitrogen and oxygen atoms in total. The maximum absolute atomic E-state index is 11.5. The van der Waals surface area contributed by atoms with Crippen LogP contribution in [-0.4, -0.2) is 12.4 Å². The summed E-state index contributed by atoms with van der Waals surface area (Å²) in [5.74, 6) is 0.137. The average Bonchev–Trinajstić information content (AvgIpc) is 2.18. The highest BCUT2D eigenvalue weighted by Gasteiger charge is 2.20. The third-order valence-corrected chi connectivity index (χ3v) is 2.18. The van der Waals surface area contributed by atoms with E-state index < -0.39 is 0 Å². The molecule has 0 unspecified atom stereocenters. The first kappa shape index (κ1) is 11.9. The first-order valence-corrected chi connectivity index (χ1v) is 5.15. The second-order valence-corrected chi connectivity index (χ2v) is 4.65. The van der Waals surface area contributed by atoms with Crippen molar-refractivity contribution in [3.63, 3.8) is 0 Å². The molecule has 0 saturated carbocycles. The fraction of sp³-hybridized carbons (Fsp3) is 0.462. The minimum absolute atomic E-state index is 0.137. The van der Waals surface area contributed by atoms with E-state index in [1.165, 1.54) is 0 Å². The maximum atomic E-state index is 11.5. The molecular formula is C13H18O2. The zero-order valence-corrected chi connectivity index (χ0v) is 9.62. The van der Waals surface area contributed by atoms with Gasteiger partial charge in [0.05, 0.1) is 6.61 Å². The Balaban J connectivity index is 2.32. The van der Waals surface area contributed by atoms with Crippen molar-refractivity contribution in [1.82, 2.24) is 0 Å². The lowest BCUT2D eigenvalue weighted by molar-refractivity contribution is -0.131. The molecule has 0 spiro atoms. The first-order chi connectivity index (χ1) is 7.00. The summed E-state index contributed by atoms with van der Waals surface area (Å²) in [4.78, 5) is 11.5. The van der Waals surface area contributed by atoms with Crippen LogP contribution in [0.25, 0.3) is 0 Å². The molecule has 0 aliphatic rings. The quantitative estimate of drug-likeness (QED) is 0.757. The van der Waals surface area contributed by atoms with E-state index in [1.54, 1.807) is 0 Å². The second kappa shape index (κ2) is 5.08. The topological polar surface area (TPSA) is 26.3 Å². The molecule has 0 bridgehead atoms. The van der Waals surface area contributed by atoms with Crippen LogP contribution in [0.4, 0.5) is 0 Å². The van der Waals surface area contributed by atoms with Gasteiger partial charge in [0, 0.05) is 5.41 Å². The number of hydrogen-bond donors (Lipinski definition) is 0. The fourth-order valence-electron chi connectivity index (χ4n) is 1.05. The molecule has 0 N–H and O–H groups in total. The van der Waals surface area contributed by atoms with Gasteiger partial charge >= 0.3 is 0 Å². The van der Waals surface area contributed by atoms with E-state index in [1.807, 2.05) is 51.1 Å². The second-order valence-electron chi connectivity index (χ2n) is 4.65. The van der Waals surface area contributed by atoms with Gasteiger partial charge in [-0.25, -0.2) is 0 Å². The summed E-state index contributed by atoms with van der Waals surface area (Å²) in [6, 6.07) is 9.86. The van der Waals surface area contributed by atoms with Crippen LogP contribution in [-0.2, 0) is 16.1 Å². The van der Waals surface area contributed by atoms with E-state index in [9.17, 15) is 4.79 Å². The normalized spacial score (nSPS) is 11.4. The lowest BCUT2D eigenvalue weighted by Gasteiger charge is -2.16. The molecule has 0 aliphatic heterocycles. The van der Waals surface area contributed by atoms with Crippen LogP contribution >= 0.6 is 0 Å². The standard InChI is InChI=1S/C13H18O2/c1-13(2,3)12(14)10-15-9-11-7-5-4-6-8-11/h4-8H,9-10H2,1-3H3. The van der Waals surface area contributed by atoms with E-state index in [4.69, 9.17) is 4.74 Å². The molecule has 0 radical (unpaired) electrons. The van der Waals surface area contributed by atoms with Gasteiger partial charge in [-0.05, 0) is 5.56 Å². The molecule has 2 heteroatoms. The zero-order valence-electron chi connectivity index (χ0n) is 9.62. The minimum Gasteiger partial charge on any atom is -0.369 e. The summed E-state index contributed by atoms with van der Waals surface area (Å²) in [6.45, 7) is 6.41. The summed E-state index contributed by atoms with van der Waals surface area (Å²) >= 11 is 0. The van der Waals surface area contributed by atoms with Crippen molar-refractivity contribution < 1.29 is 9.53 Å². The molecule has 1 rings (SSSR count). The van der Waals surface area contributed by atoms with Crippen LogP contribution < -0.4 is 0 Å². The van der Waals surface area contributed by atoms with E-state index in [-0.39, 0.29) is 17.8 Å². The summed E-state index contributed by atoms with van der Waals surface area (Å²) in [7, 11) is 0. The maximum Gasteiger partial charge on any atom is 0.163 e. The van der Waals surface area contributed by atoms with Crippen molar-refractivity contribution in [3.05, 3.63) is 35.9 Å². The summed E-state index contributed by atoms with van der Waals surface area (Å²) in [5.41, 5.74) is 0.788. The van der Waals surface area contributed by atoms with Crippen LogP contribution in [0.1, 0.15) is 26.3 Å². The summed E-state index contributed by atoms with van der Waals surface area (Å²) < 4.78 is 5.36. The number of benzene rings is 1. The highest BCUT2D eigenvalue weighted by Crippen LogP contribution is 2.14. The van der Waals surface area contributed by atoms with Gasteiger partial charge in [-0.3, -0.25) is 4.79 Å². The Kier molecular flexibility index (Phi) is 4.04. The molecule has 0 aromatic heterocycles. The van der Waals surface area contributed by atoms with Crippen LogP contribution in [0.2, 0.25) is 0 Å². The largest absolute Gasteiger partial charge is 0.369 e. The number of ether oxygens (including phenoxy) is 1. The average molecular weight is 206 g/mol. The Hall–Kier alpha value is -1.15. The van der Waals surface area contributed by atoms with Crippen molar-refractivity contribution >= 4 is 5.78 Å². The summed E-state index contributed by atoms with van der Waals surface area (Å²) in [6.07, 6.45) is 0. The summed E-state index contributed by atoms with van der Waals surface area (Å²) in [5, 5.41) is 0. The van der Waals surface area contributed by atoms with E-state index in [0.717, 1.165) is 5.56 Å². The van der Waals surface area contributed by atoms with Gasteiger partial charge in [0.15, 0.2) is 5.78 Å². The molecule has 0 aliphatic carbocycles. The first-order valence-electron chi connectivity index (χ1n) is 5.15. The van der Waals surface area contributed by atoms with Crippen molar-refractivity contribution in [2.24, 2.45) is 5.41 Å². The molecule has 0 saturated heterocycles. The molecule has 1 aromatic carbocycles. The monoisotopic (exact) mass is 206 g/mol. The Morgan fingerprint density at radius 2 is 1.80 bits per heavy atom. The van der Waals surface area contributed by atoms with Gasteiger partial charge in [-0.2, -0.15) is 0 Å². The Morgan fingerprint density at radius 3 is 2.33 bits per heavy atom. The highest BCUT2D eigenvalue weighted by molar-refractivity contribution is 5.84. The van der Waals surface area contributed by atoms with Crippen LogP contribution in [0.5, 0.6) is 0 Å². The van der Waals surface area contributed by atoms with E-state index in [2.05, 4.69) is 0 Å². The molecule has 82 valence electrons. The van der Waals surface area contributed by atoms with Gasteiger partial charge in [-0.15, -0.1) is 0 Å². The number of ketones is 1. The lowest BCUT2D eigenvalue weighted by Crippen LogP contribution is -2.24. The lowest BCUT2D eigenvalue weighted by atomic mass is 9.91. The van der Waals surface area contributed by atoms with E-state index in [0.29, 0.717) is 6.61 Å². The zero-order chi connectivity index (χ0) is 11.3. The SMILES string of the molecule is CC(C)(C)C(=O)COCc1ccccc1. The Bertz CT molecular complexity index is 309. The predicted octanol–water partition coefficient (Wildman–Crippen LogP) is 2.82. The van der Waals surface area contributed by atoms with Crippen LogP contribution in [0.15, 0.2) is 30.3 Å². The molecule has 0 amide bonds. The van der Waals surface area contributed by atoms with Gasteiger partial charge < -0.3 is 4.74 Å². The molecule has 0 atom stereocenters. The molecule has 15 heavy (non-hydrogen) atoms. The number of carbonyl (C=O) groups is 1. The third kappa shape index (κ3) is 4.26. The molecular weight excluding hydrogens is 188 g/mol. The number of Topliss-reactive ketones (excluding diaryl/α,β-unsaturated/α-hetero) is 1. The van der Waals surface area contributed by atoms with Gasteiger partial charge in [-0.1, -0.05) is 51.1 Å². The minimum atomic E-state index is -0.309. The molecule has 1 aromatic rings. The highest BCUT2D eigenvalue weighted by atomic mass is 16.5. The molecule has 0 fully saturated rings. The Labute approximate surface area is 91.3 Å². The number of hydrogen-bond acceptors (Lipinski definition) is 2. The number of rotatable bonds is 4. The van der Waals surface area contributed by atoms with Crippen LogP contribution in [0, 0.1) is 5.41 Å². The fourth-order valence-corrected chi connectivity index (χ4v) is 1.05. The van der Waals surface area contributed by atoms with Gasteiger partial charge in [0.25, 0.3) is 0 Å². The van der Waals surface area contributed by atoms with Crippen molar-refractivity contribution in [3.8, 4) is 0 Å². The molecule has 0 heterocycles. The third-order valence-electron chi connectivity index (χ3n) is 2.18. The number of carbonyl (C=O) groups excluding carboxylic acids is 1. The van der Waals surface area contributed by atoms with Crippen molar-refractivity contribution in [2.45, 2.75) is 27.4 Å². The predicted molar refractivity (Wildman–Crippen MR) is 60.6 cm³/mol. The Morgan fingerprint density at radius 1 is 1.20 bits per heavy atom. The van der Waals surface area contributed by atoms with Gasteiger partial charge in [0.2, 0.25) is 0 Å². The van der Waals surface area contributed by atoms with Gasteiger partial charge in [0.1, 0.15) is 6.61 Å². The van der Waals surface area contributed by atoms with Crippen LogP contribution in [0.3, 0.4) is 0 Å². The van der Waals surface area contributed by atoms with Crippen molar-refractivity contribution in [2.75, 3.05) is 6.61 Å². The van der Waals surface area contributed by atoms with E-state index >= 15 is 0 Å². The van der Waals surface area contributed by atoms with Crippen molar-refractivity contribution in [1.29, 1.82) is 0 Å².